The van der Waals surface area contributed by atoms with Crippen LogP contribution >= 0.6 is 0 Å². The summed E-state index contributed by atoms with van der Waals surface area (Å²) in [6.07, 6.45) is 4.06. The fourth-order valence-electron chi connectivity index (χ4n) is 6.33. The van der Waals surface area contributed by atoms with Crippen LogP contribution in [0.5, 0.6) is 0 Å². The van der Waals surface area contributed by atoms with Crippen LogP contribution < -0.4 is 4.90 Å². The Labute approximate surface area is 172 Å². The first kappa shape index (κ1) is 17.1. The van der Waals surface area contributed by atoms with Gasteiger partial charge in [0.1, 0.15) is 0 Å². The lowest BCUT2D eigenvalue weighted by atomic mass is 9.94. The first-order chi connectivity index (χ1) is 14.1. The van der Waals surface area contributed by atoms with Gasteiger partial charge in [-0.1, -0.05) is 36.4 Å². The first-order valence-corrected chi connectivity index (χ1v) is 11.0. The quantitative estimate of drug-likeness (QED) is 0.369. The Morgan fingerprint density at radius 2 is 1.66 bits per heavy atom. The number of fused-ring (bicyclic) bond motifs is 5. The number of nitrogens with zero attached hydrogens (tertiary/aromatic N) is 2. The Balaban J connectivity index is 1.64. The highest BCUT2D eigenvalue weighted by Crippen LogP contribution is 2.53. The minimum Gasteiger partial charge on any atom is -0.363 e. The van der Waals surface area contributed by atoms with Gasteiger partial charge >= 0.3 is 0 Å². The summed E-state index contributed by atoms with van der Waals surface area (Å²) in [6, 6.07) is 25.1. The predicted octanol–water partition coefficient (Wildman–Crippen LogP) is 6.86. The second kappa shape index (κ2) is 5.89. The van der Waals surface area contributed by atoms with Crippen molar-refractivity contribution in [2.75, 3.05) is 4.90 Å². The molecule has 0 amide bonds. The summed E-state index contributed by atoms with van der Waals surface area (Å²) in [4.78, 5) is 2.75. The maximum Gasteiger partial charge on any atom is 0.0545 e. The smallest absolute Gasteiger partial charge is 0.0545 e. The summed E-state index contributed by atoms with van der Waals surface area (Å²) in [7, 11) is 0. The highest BCUT2D eigenvalue weighted by Gasteiger charge is 2.51. The Morgan fingerprint density at radius 3 is 2.41 bits per heavy atom. The van der Waals surface area contributed by atoms with Crippen molar-refractivity contribution in [1.82, 2.24) is 4.57 Å². The van der Waals surface area contributed by atoms with Gasteiger partial charge in [0.2, 0.25) is 0 Å². The molecular weight excluding hydrogens is 352 g/mol. The van der Waals surface area contributed by atoms with Crippen molar-refractivity contribution in [3.63, 3.8) is 0 Å². The highest BCUT2D eigenvalue weighted by atomic mass is 15.3. The molecule has 3 unspecified atom stereocenters. The summed E-state index contributed by atoms with van der Waals surface area (Å²) in [5.41, 5.74) is 6.96. The molecule has 2 fully saturated rings. The largest absolute Gasteiger partial charge is 0.363 e. The van der Waals surface area contributed by atoms with Gasteiger partial charge in [-0.25, -0.2) is 0 Å². The van der Waals surface area contributed by atoms with Crippen molar-refractivity contribution in [3.8, 4) is 5.69 Å². The molecule has 2 heterocycles. The van der Waals surface area contributed by atoms with Crippen molar-refractivity contribution in [1.29, 1.82) is 0 Å². The Hall–Kier alpha value is -2.74. The number of hydrogen-bond donors (Lipinski definition) is 0. The molecule has 2 nitrogen and oxygen atoms in total. The van der Waals surface area contributed by atoms with Crippen LogP contribution in [-0.4, -0.2) is 16.1 Å². The number of anilines is 1. The van der Waals surface area contributed by atoms with Gasteiger partial charge < -0.3 is 9.47 Å². The van der Waals surface area contributed by atoms with Crippen molar-refractivity contribution < 1.29 is 0 Å². The molecule has 146 valence electrons. The lowest BCUT2D eigenvalue weighted by Gasteiger charge is -2.43. The summed E-state index contributed by atoms with van der Waals surface area (Å²) >= 11 is 0. The molecule has 2 bridgehead atoms. The Morgan fingerprint density at radius 1 is 0.897 bits per heavy atom. The zero-order valence-corrected chi connectivity index (χ0v) is 17.5. The van der Waals surface area contributed by atoms with E-state index in [1.807, 2.05) is 0 Å². The highest BCUT2D eigenvalue weighted by molar-refractivity contribution is 6.10. The van der Waals surface area contributed by atoms with E-state index >= 15 is 0 Å². The van der Waals surface area contributed by atoms with Gasteiger partial charge in [0, 0.05) is 33.7 Å². The third-order valence-electron chi connectivity index (χ3n) is 7.69. The van der Waals surface area contributed by atoms with Crippen LogP contribution in [0.15, 0.2) is 66.7 Å². The van der Waals surface area contributed by atoms with Crippen LogP contribution in [0, 0.1) is 12.8 Å². The molecular formula is C27H28N2. The molecule has 2 heteroatoms. The predicted molar refractivity (Wildman–Crippen MR) is 123 cm³/mol. The Kier molecular flexibility index (Phi) is 3.48. The maximum absolute atomic E-state index is 2.75. The van der Waals surface area contributed by atoms with E-state index < -0.39 is 0 Å². The van der Waals surface area contributed by atoms with Gasteiger partial charge in [0.05, 0.1) is 11.0 Å². The number of para-hydroxylation sites is 2. The second-order valence-electron chi connectivity index (χ2n) is 9.45. The van der Waals surface area contributed by atoms with Crippen molar-refractivity contribution in [2.45, 2.75) is 51.6 Å². The van der Waals surface area contributed by atoms with Crippen LogP contribution in [0.25, 0.3) is 27.5 Å². The van der Waals surface area contributed by atoms with E-state index in [0.29, 0.717) is 11.6 Å². The zero-order valence-electron chi connectivity index (χ0n) is 17.5. The van der Waals surface area contributed by atoms with Crippen LogP contribution in [0.4, 0.5) is 5.69 Å². The molecule has 1 aliphatic carbocycles. The minimum atomic E-state index is 0.320. The monoisotopic (exact) mass is 380 g/mol. The molecule has 6 rings (SSSR count). The van der Waals surface area contributed by atoms with E-state index in [9.17, 15) is 0 Å². The molecule has 4 aromatic rings. The number of rotatable bonds is 2. The fourth-order valence-corrected chi connectivity index (χ4v) is 6.33. The summed E-state index contributed by atoms with van der Waals surface area (Å²) < 4.78 is 2.42. The number of aryl methyl sites for hydroxylation is 1. The Bertz CT molecular complexity index is 1240. The second-order valence-corrected chi connectivity index (χ2v) is 9.45. The third kappa shape index (κ3) is 2.29. The summed E-state index contributed by atoms with van der Waals surface area (Å²) in [5.74, 6) is 0.848. The zero-order chi connectivity index (χ0) is 19.8. The van der Waals surface area contributed by atoms with Gasteiger partial charge in [-0.15, -0.1) is 0 Å². The average Bonchev–Trinajstić information content (AvgIpc) is 3.34. The molecule has 0 radical (unpaired) electrons. The first-order valence-electron chi connectivity index (χ1n) is 11.0. The molecule has 0 spiro atoms. The summed E-state index contributed by atoms with van der Waals surface area (Å²) in [6.45, 7) is 7.21. The van der Waals surface area contributed by atoms with Crippen LogP contribution in [0.1, 0.15) is 38.7 Å². The van der Waals surface area contributed by atoms with E-state index in [-0.39, 0.29) is 0 Å². The molecule has 3 aromatic carbocycles. The molecule has 1 aromatic heterocycles. The van der Waals surface area contributed by atoms with Crippen LogP contribution in [0.3, 0.4) is 0 Å². The lowest BCUT2D eigenvalue weighted by Crippen LogP contribution is -2.47. The van der Waals surface area contributed by atoms with Crippen molar-refractivity contribution in [3.05, 3.63) is 72.3 Å². The van der Waals surface area contributed by atoms with E-state index in [2.05, 4.69) is 97.0 Å². The van der Waals surface area contributed by atoms with Gasteiger partial charge in [0.25, 0.3) is 0 Å². The normalized spacial score (nSPS) is 26.1. The molecule has 1 saturated heterocycles. The standard InChI is InChI=1S/C27H28N2/c1-18-15-26-23(16-25(18)29-19(2)20-13-14-27(29,3)17-20)22-11-7-8-12-24(22)28(26)21-9-5-4-6-10-21/h4-12,15-16,19-20H,13-14,17H2,1-3H3. The average molecular weight is 381 g/mol. The molecule has 29 heavy (non-hydrogen) atoms. The number of aromatic nitrogens is 1. The number of benzene rings is 3. The SMILES string of the molecule is Cc1cc2c(cc1N1C(C)C3CCC1(C)C3)c1ccccc1n2-c1ccccc1. The number of hydrogen-bond acceptors (Lipinski definition) is 1. The van der Waals surface area contributed by atoms with Crippen LogP contribution in [0.2, 0.25) is 0 Å². The molecule has 0 N–H and O–H groups in total. The van der Waals surface area contributed by atoms with Crippen LogP contribution in [-0.2, 0) is 0 Å². The van der Waals surface area contributed by atoms with Crippen molar-refractivity contribution in [2.24, 2.45) is 5.92 Å². The molecule has 1 saturated carbocycles. The topological polar surface area (TPSA) is 8.17 Å². The minimum absolute atomic E-state index is 0.320. The summed E-state index contributed by atoms with van der Waals surface area (Å²) in [5, 5.41) is 2.71. The van der Waals surface area contributed by atoms with E-state index in [0.717, 1.165) is 5.92 Å². The fraction of sp³-hybridized carbons (Fsp3) is 0.333. The van der Waals surface area contributed by atoms with Crippen molar-refractivity contribution >= 4 is 27.5 Å². The maximum atomic E-state index is 2.75. The van der Waals surface area contributed by atoms with Gasteiger partial charge in [-0.2, -0.15) is 0 Å². The molecule has 3 atom stereocenters. The lowest BCUT2D eigenvalue weighted by molar-refractivity contribution is 0.402. The van der Waals surface area contributed by atoms with E-state index in [1.54, 1.807) is 0 Å². The van der Waals surface area contributed by atoms with Gasteiger partial charge in [-0.3, -0.25) is 0 Å². The molecule has 1 aliphatic heterocycles. The van der Waals surface area contributed by atoms with Gasteiger partial charge in [0.15, 0.2) is 0 Å². The molecule has 2 aliphatic rings. The van der Waals surface area contributed by atoms with Gasteiger partial charge in [-0.05, 0) is 81.8 Å². The van der Waals surface area contributed by atoms with E-state index in [4.69, 9.17) is 0 Å². The van der Waals surface area contributed by atoms with E-state index in [1.165, 1.54) is 58.0 Å². The third-order valence-corrected chi connectivity index (χ3v) is 7.69. The number of piperidine rings is 1.